The number of anilines is 1. The molecule has 21 heavy (non-hydrogen) atoms. The minimum absolute atomic E-state index is 0.00526. The molecule has 108 valence electrons. The number of halogens is 2. The summed E-state index contributed by atoms with van der Waals surface area (Å²) in [6.45, 7) is 0. The van der Waals surface area contributed by atoms with Gasteiger partial charge in [0.2, 0.25) is 0 Å². The first-order chi connectivity index (χ1) is 9.86. The van der Waals surface area contributed by atoms with Gasteiger partial charge in [-0.05, 0) is 36.4 Å². The van der Waals surface area contributed by atoms with E-state index in [0.717, 1.165) is 12.1 Å². The van der Waals surface area contributed by atoms with E-state index in [1.54, 1.807) is 0 Å². The van der Waals surface area contributed by atoms with E-state index in [9.17, 15) is 19.1 Å². The Labute approximate surface area is 127 Å². The molecule has 0 saturated carbocycles. The lowest BCUT2D eigenvalue weighted by atomic mass is 10.1. The Balaban J connectivity index is 2.33. The molecule has 0 radical (unpaired) electrons. The summed E-state index contributed by atoms with van der Waals surface area (Å²) >= 11 is 3.07. The summed E-state index contributed by atoms with van der Waals surface area (Å²) in [5, 5.41) is 20.7. The quantitative estimate of drug-likeness (QED) is 0.739. The van der Waals surface area contributed by atoms with E-state index in [0.29, 0.717) is 4.47 Å². The number of nitrogens with one attached hydrogen (secondary N) is 1. The standard InChI is InChI=1S/C14H9BrFNO4/c15-8-3-7(4-9(16)5-8)13(19)17-12-2-1-10(18)6-11(12)14(20)21/h1-6,18H,(H,17,19)(H,20,21). The molecule has 2 rings (SSSR count). The maximum absolute atomic E-state index is 13.3. The number of carboxylic acids is 1. The topological polar surface area (TPSA) is 86.6 Å². The molecule has 0 aliphatic heterocycles. The fraction of sp³-hybridized carbons (Fsp3) is 0. The zero-order valence-corrected chi connectivity index (χ0v) is 12.0. The molecule has 0 aliphatic carbocycles. The third kappa shape index (κ3) is 3.57. The number of aromatic hydroxyl groups is 1. The summed E-state index contributed by atoms with van der Waals surface area (Å²) in [6, 6.07) is 7.13. The van der Waals surface area contributed by atoms with E-state index in [2.05, 4.69) is 21.2 Å². The number of carboxylic acid groups (broad SMARTS) is 1. The number of carbonyl (C=O) groups excluding carboxylic acids is 1. The molecule has 0 bridgehead atoms. The zero-order valence-electron chi connectivity index (χ0n) is 10.4. The molecule has 0 spiro atoms. The summed E-state index contributed by atoms with van der Waals surface area (Å²) in [5.41, 5.74) is -0.226. The van der Waals surface area contributed by atoms with E-state index in [4.69, 9.17) is 5.11 Å². The van der Waals surface area contributed by atoms with Gasteiger partial charge in [-0.3, -0.25) is 4.79 Å². The van der Waals surface area contributed by atoms with Crippen LogP contribution in [0.3, 0.4) is 0 Å². The van der Waals surface area contributed by atoms with Crippen molar-refractivity contribution in [3.05, 3.63) is 57.8 Å². The number of hydrogen-bond donors (Lipinski definition) is 3. The Morgan fingerprint density at radius 2 is 1.86 bits per heavy atom. The maximum Gasteiger partial charge on any atom is 0.337 e. The molecule has 0 saturated heterocycles. The molecule has 0 heterocycles. The molecule has 1 amide bonds. The largest absolute Gasteiger partial charge is 0.508 e. The van der Waals surface area contributed by atoms with Crippen LogP contribution in [0.5, 0.6) is 5.75 Å². The van der Waals surface area contributed by atoms with Crippen LogP contribution in [0.2, 0.25) is 0 Å². The number of phenols is 1. The number of rotatable bonds is 3. The number of carbonyl (C=O) groups is 2. The molecule has 0 aromatic heterocycles. The normalized spacial score (nSPS) is 10.2. The first kappa shape index (κ1) is 15.0. The van der Waals surface area contributed by atoms with Gasteiger partial charge in [0.15, 0.2) is 0 Å². The first-order valence-electron chi connectivity index (χ1n) is 5.70. The molecule has 0 fully saturated rings. The van der Waals surface area contributed by atoms with Crippen LogP contribution in [-0.2, 0) is 0 Å². The SMILES string of the molecule is O=C(Nc1ccc(O)cc1C(=O)O)c1cc(F)cc(Br)c1. The Morgan fingerprint density at radius 1 is 1.14 bits per heavy atom. The number of aromatic carboxylic acids is 1. The summed E-state index contributed by atoms with van der Waals surface area (Å²) in [4.78, 5) is 23.1. The van der Waals surface area contributed by atoms with Gasteiger partial charge in [-0.15, -0.1) is 0 Å². The van der Waals surface area contributed by atoms with Gasteiger partial charge in [-0.1, -0.05) is 15.9 Å². The van der Waals surface area contributed by atoms with Crippen molar-refractivity contribution < 1.29 is 24.2 Å². The van der Waals surface area contributed by atoms with E-state index < -0.39 is 17.7 Å². The van der Waals surface area contributed by atoms with Crippen LogP contribution in [0, 0.1) is 5.82 Å². The fourth-order valence-corrected chi connectivity index (χ4v) is 2.16. The van der Waals surface area contributed by atoms with Crippen LogP contribution in [0.25, 0.3) is 0 Å². The lowest BCUT2D eigenvalue weighted by Gasteiger charge is -2.09. The fourth-order valence-electron chi connectivity index (χ4n) is 1.70. The Kier molecular flexibility index (Phi) is 4.23. The molecule has 5 nitrogen and oxygen atoms in total. The van der Waals surface area contributed by atoms with Gasteiger partial charge in [0.25, 0.3) is 5.91 Å². The smallest absolute Gasteiger partial charge is 0.337 e. The second-order valence-electron chi connectivity index (χ2n) is 4.15. The molecular weight excluding hydrogens is 345 g/mol. The molecular formula is C14H9BrFNO4. The number of phenolic OH excluding ortho intramolecular Hbond substituents is 1. The van der Waals surface area contributed by atoms with Crippen LogP contribution >= 0.6 is 15.9 Å². The van der Waals surface area contributed by atoms with Crippen LogP contribution in [0.1, 0.15) is 20.7 Å². The van der Waals surface area contributed by atoms with Gasteiger partial charge in [-0.2, -0.15) is 0 Å². The van der Waals surface area contributed by atoms with Crippen molar-refractivity contribution in [1.82, 2.24) is 0 Å². The summed E-state index contributed by atoms with van der Waals surface area (Å²) in [6.07, 6.45) is 0. The van der Waals surface area contributed by atoms with E-state index in [1.807, 2.05) is 0 Å². The predicted octanol–water partition coefficient (Wildman–Crippen LogP) is 3.24. The van der Waals surface area contributed by atoms with Crippen molar-refractivity contribution in [2.75, 3.05) is 5.32 Å². The monoisotopic (exact) mass is 353 g/mol. The number of benzene rings is 2. The number of hydrogen-bond acceptors (Lipinski definition) is 3. The highest BCUT2D eigenvalue weighted by Gasteiger charge is 2.15. The Hall–Kier alpha value is -2.41. The summed E-state index contributed by atoms with van der Waals surface area (Å²) < 4.78 is 13.6. The maximum atomic E-state index is 13.3. The van der Waals surface area contributed by atoms with E-state index in [-0.39, 0.29) is 22.6 Å². The highest BCUT2D eigenvalue weighted by Crippen LogP contribution is 2.23. The van der Waals surface area contributed by atoms with Crippen molar-refractivity contribution in [1.29, 1.82) is 0 Å². The molecule has 2 aromatic carbocycles. The van der Waals surface area contributed by atoms with Crippen molar-refractivity contribution >= 4 is 33.5 Å². The molecule has 7 heteroatoms. The van der Waals surface area contributed by atoms with Crippen LogP contribution in [0.15, 0.2) is 40.9 Å². The minimum Gasteiger partial charge on any atom is -0.508 e. The lowest BCUT2D eigenvalue weighted by Crippen LogP contribution is -2.15. The van der Waals surface area contributed by atoms with E-state index in [1.165, 1.54) is 24.3 Å². The van der Waals surface area contributed by atoms with Gasteiger partial charge in [0, 0.05) is 10.0 Å². The first-order valence-corrected chi connectivity index (χ1v) is 6.50. The van der Waals surface area contributed by atoms with Crippen molar-refractivity contribution in [3.63, 3.8) is 0 Å². The van der Waals surface area contributed by atoms with Crippen LogP contribution in [0.4, 0.5) is 10.1 Å². The van der Waals surface area contributed by atoms with Gasteiger partial charge in [0.1, 0.15) is 11.6 Å². The van der Waals surface area contributed by atoms with Crippen LogP contribution < -0.4 is 5.32 Å². The Bertz CT molecular complexity index is 713. The molecule has 0 aliphatic rings. The highest BCUT2D eigenvalue weighted by molar-refractivity contribution is 9.10. The third-order valence-corrected chi connectivity index (χ3v) is 3.06. The minimum atomic E-state index is -1.30. The summed E-state index contributed by atoms with van der Waals surface area (Å²) in [5.74, 6) is -2.80. The second-order valence-corrected chi connectivity index (χ2v) is 5.06. The molecule has 0 unspecified atom stereocenters. The van der Waals surface area contributed by atoms with Crippen molar-refractivity contribution in [2.24, 2.45) is 0 Å². The van der Waals surface area contributed by atoms with Crippen molar-refractivity contribution in [2.45, 2.75) is 0 Å². The lowest BCUT2D eigenvalue weighted by molar-refractivity contribution is 0.0697. The van der Waals surface area contributed by atoms with E-state index >= 15 is 0 Å². The number of amides is 1. The van der Waals surface area contributed by atoms with Crippen molar-refractivity contribution in [3.8, 4) is 5.75 Å². The van der Waals surface area contributed by atoms with Gasteiger partial charge < -0.3 is 15.5 Å². The average molecular weight is 354 g/mol. The summed E-state index contributed by atoms with van der Waals surface area (Å²) in [7, 11) is 0. The Morgan fingerprint density at radius 3 is 2.48 bits per heavy atom. The van der Waals surface area contributed by atoms with Crippen LogP contribution in [-0.4, -0.2) is 22.1 Å². The third-order valence-electron chi connectivity index (χ3n) is 2.61. The molecule has 2 aromatic rings. The molecule has 0 atom stereocenters. The predicted molar refractivity (Wildman–Crippen MR) is 77.1 cm³/mol. The highest BCUT2D eigenvalue weighted by atomic mass is 79.9. The molecule has 3 N–H and O–H groups in total. The van der Waals surface area contributed by atoms with Gasteiger partial charge in [-0.25, -0.2) is 9.18 Å². The van der Waals surface area contributed by atoms with Gasteiger partial charge >= 0.3 is 5.97 Å². The van der Waals surface area contributed by atoms with Gasteiger partial charge in [0.05, 0.1) is 11.3 Å². The second kappa shape index (κ2) is 5.92. The zero-order chi connectivity index (χ0) is 15.6. The average Bonchev–Trinajstić information content (AvgIpc) is 2.39.